The standard InChI is InChI=1S/C18H19N3/c1-12(2)11-21-17-9-4-13(3)10-16(17)20-18(21)14-5-7-15(19)8-6-14/h4-10H,1,11,19H2,2-3H3. The topological polar surface area (TPSA) is 43.8 Å². The molecule has 0 amide bonds. The molecule has 1 aromatic heterocycles. The number of imidazole rings is 1. The van der Waals surface area contributed by atoms with Crippen molar-refractivity contribution in [1.82, 2.24) is 9.55 Å². The Balaban J connectivity index is 2.24. The van der Waals surface area contributed by atoms with Gasteiger partial charge in [-0.05, 0) is 55.8 Å². The maximum absolute atomic E-state index is 5.78. The van der Waals surface area contributed by atoms with Gasteiger partial charge in [-0.25, -0.2) is 4.98 Å². The zero-order chi connectivity index (χ0) is 15.0. The van der Waals surface area contributed by atoms with Gasteiger partial charge < -0.3 is 10.3 Å². The lowest BCUT2D eigenvalue weighted by Crippen LogP contribution is -2.01. The molecule has 0 fully saturated rings. The maximum Gasteiger partial charge on any atom is 0.141 e. The number of benzene rings is 2. The van der Waals surface area contributed by atoms with E-state index in [1.807, 2.05) is 31.2 Å². The number of hydrogen-bond donors (Lipinski definition) is 1. The largest absolute Gasteiger partial charge is 0.399 e. The molecule has 0 saturated carbocycles. The summed E-state index contributed by atoms with van der Waals surface area (Å²) >= 11 is 0. The van der Waals surface area contributed by atoms with E-state index in [4.69, 9.17) is 10.7 Å². The lowest BCUT2D eigenvalue weighted by Gasteiger charge is -2.09. The van der Waals surface area contributed by atoms with Crippen LogP contribution >= 0.6 is 0 Å². The predicted molar refractivity (Wildman–Crippen MR) is 89.1 cm³/mol. The molecule has 0 aliphatic carbocycles. The summed E-state index contributed by atoms with van der Waals surface area (Å²) < 4.78 is 2.21. The van der Waals surface area contributed by atoms with Gasteiger partial charge in [0.15, 0.2) is 0 Å². The molecular weight excluding hydrogens is 258 g/mol. The number of aryl methyl sites for hydroxylation is 1. The summed E-state index contributed by atoms with van der Waals surface area (Å²) in [5.74, 6) is 0.957. The van der Waals surface area contributed by atoms with E-state index < -0.39 is 0 Å². The van der Waals surface area contributed by atoms with Crippen molar-refractivity contribution in [2.24, 2.45) is 0 Å². The third-order valence-corrected chi connectivity index (χ3v) is 3.50. The number of hydrogen-bond acceptors (Lipinski definition) is 2. The van der Waals surface area contributed by atoms with Gasteiger partial charge in [0.2, 0.25) is 0 Å². The van der Waals surface area contributed by atoms with Gasteiger partial charge in [0, 0.05) is 17.8 Å². The average Bonchev–Trinajstić information content (AvgIpc) is 2.77. The molecule has 0 spiro atoms. The van der Waals surface area contributed by atoms with Crippen molar-refractivity contribution in [3.63, 3.8) is 0 Å². The number of rotatable bonds is 3. The van der Waals surface area contributed by atoms with Crippen molar-refractivity contribution in [1.29, 1.82) is 0 Å². The molecule has 0 radical (unpaired) electrons. The van der Waals surface area contributed by atoms with Gasteiger partial charge in [0.1, 0.15) is 5.82 Å². The highest BCUT2D eigenvalue weighted by atomic mass is 15.1. The van der Waals surface area contributed by atoms with Gasteiger partial charge in [0.25, 0.3) is 0 Å². The fourth-order valence-corrected chi connectivity index (χ4v) is 2.52. The zero-order valence-corrected chi connectivity index (χ0v) is 12.4. The summed E-state index contributed by atoms with van der Waals surface area (Å²) in [6.07, 6.45) is 0. The Morgan fingerprint density at radius 1 is 1.19 bits per heavy atom. The molecule has 0 aliphatic rings. The van der Waals surface area contributed by atoms with Gasteiger partial charge in [0.05, 0.1) is 11.0 Å². The Kier molecular flexibility index (Phi) is 3.26. The molecule has 0 unspecified atom stereocenters. The van der Waals surface area contributed by atoms with Crippen molar-refractivity contribution in [3.05, 3.63) is 60.2 Å². The minimum atomic E-state index is 0.761. The van der Waals surface area contributed by atoms with Crippen LogP contribution in [0.4, 0.5) is 5.69 Å². The van der Waals surface area contributed by atoms with Crippen LogP contribution in [-0.2, 0) is 6.54 Å². The van der Waals surface area contributed by atoms with Crippen molar-refractivity contribution in [2.45, 2.75) is 20.4 Å². The molecule has 1 heterocycles. The minimum Gasteiger partial charge on any atom is -0.399 e. The summed E-state index contributed by atoms with van der Waals surface area (Å²) in [6.45, 7) is 8.92. The summed E-state index contributed by atoms with van der Waals surface area (Å²) in [5, 5.41) is 0. The number of allylic oxidation sites excluding steroid dienone is 1. The van der Waals surface area contributed by atoms with Gasteiger partial charge >= 0.3 is 0 Å². The Morgan fingerprint density at radius 2 is 1.90 bits per heavy atom. The van der Waals surface area contributed by atoms with E-state index in [1.165, 1.54) is 5.56 Å². The second-order valence-electron chi connectivity index (χ2n) is 5.59. The molecule has 2 N–H and O–H groups in total. The number of nitrogens with two attached hydrogens (primary N) is 1. The quantitative estimate of drug-likeness (QED) is 0.577. The number of aromatic nitrogens is 2. The van der Waals surface area contributed by atoms with Crippen LogP contribution in [-0.4, -0.2) is 9.55 Å². The highest BCUT2D eigenvalue weighted by Crippen LogP contribution is 2.27. The number of fused-ring (bicyclic) bond motifs is 1. The third kappa shape index (κ3) is 2.55. The minimum absolute atomic E-state index is 0.761. The molecule has 3 heteroatoms. The third-order valence-electron chi connectivity index (χ3n) is 3.50. The highest BCUT2D eigenvalue weighted by molar-refractivity contribution is 5.81. The molecule has 0 aliphatic heterocycles. The molecule has 0 bridgehead atoms. The van der Waals surface area contributed by atoms with Crippen LogP contribution in [0.2, 0.25) is 0 Å². The van der Waals surface area contributed by atoms with Crippen LogP contribution in [0, 0.1) is 6.92 Å². The molecule has 106 valence electrons. The lowest BCUT2D eigenvalue weighted by atomic mass is 10.2. The summed E-state index contributed by atoms with van der Waals surface area (Å²) in [4.78, 5) is 4.81. The molecular formula is C18H19N3. The van der Waals surface area contributed by atoms with Gasteiger partial charge in [-0.1, -0.05) is 18.2 Å². The number of nitrogen functional groups attached to an aromatic ring is 1. The van der Waals surface area contributed by atoms with Crippen LogP contribution in [0.1, 0.15) is 12.5 Å². The fraction of sp³-hybridized carbons (Fsp3) is 0.167. The predicted octanol–water partition coefficient (Wildman–Crippen LogP) is 4.17. The monoisotopic (exact) mass is 277 g/mol. The average molecular weight is 277 g/mol. The smallest absolute Gasteiger partial charge is 0.141 e. The van der Waals surface area contributed by atoms with E-state index in [1.54, 1.807) is 0 Å². The summed E-state index contributed by atoms with van der Waals surface area (Å²) in [6, 6.07) is 14.2. The van der Waals surface area contributed by atoms with E-state index in [2.05, 4.69) is 36.3 Å². The van der Waals surface area contributed by atoms with Crippen LogP contribution < -0.4 is 5.73 Å². The Labute approximate surface area is 124 Å². The van der Waals surface area contributed by atoms with E-state index in [0.717, 1.165) is 40.2 Å². The van der Waals surface area contributed by atoms with E-state index in [-0.39, 0.29) is 0 Å². The van der Waals surface area contributed by atoms with Crippen molar-refractivity contribution < 1.29 is 0 Å². The SMILES string of the molecule is C=C(C)Cn1c(-c2ccc(N)cc2)nc2cc(C)ccc21. The first-order valence-corrected chi connectivity index (χ1v) is 7.02. The molecule has 3 aromatic rings. The molecule has 21 heavy (non-hydrogen) atoms. The Morgan fingerprint density at radius 3 is 2.57 bits per heavy atom. The second-order valence-corrected chi connectivity index (χ2v) is 5.59. The fourth-order valence-electron chi connectivity index (χ4n) is 2.52. The Bertz CT molecular complexity index is 810. The number of nitrogens with zero attached hydrogens (tertiary/aromatic N) is 2. The number of anilines is 1. The van der Waals surface area contributed by atoms with Gasteiger partial charge in [-0.2, -0.15) is 0 Å². The summed E-state index contributed by atoms with van der Waals surface area (Å²) in [5.41, 5.74) is 12.1. The van der Waals surface area contributed by atoms with Crippen molar-refractivity contribution >= 4 is 16.7 Å². The van der Waals surface area contributed by atoms with Crippen LogP contribution in [0.3, 0.4) is 0 Å². The zero-order valence-electron chi connectivity index (χ0n) is 12.4. The molecule has 0 atom stereocenters. The van der Waals surface area contributed by atoms with E-state index in [0.29, 0.717) is 0 Å². The normalized spacial score (nSPS) is 11.0. The van der Waals surface area contributed by atoms with Crippen LogP contribution in [0.25, 0.3) is 22.4 Å². The first-order valence-electron chi connectivity index (χ1n) is 7.02. The van der Waals surface area contributed by atoms with Crippen molar-refractivity contribution in [3.8, 4) is 11.4 Å². The lowest BCUT2D eigenvalue weighted by molar-refractivity contribution is 0.820. The Hall–Kier alpha value is -2.55. The van der Waals surface area contributed by atoms with Gasteiger partial charge in [-0.15, -0.1) is 0 Å². The van der Waals surface area contributed by atoms with Gasteiger partial charge in [-0.3, -0.25) is 0 Å². The maximum atomic E-state index is 5.78. The molecule has 0 saturated heterocycles. The highest BCUT2D eigenvalue weighted by Gasteiger charge is 2.12. The second kappa shape index (κ2) is 5.09. The first-order chi connectivity index (χ1) is 10.0. The van der Waals surface area contributed by atoms with Crippen LogP contribution in [0.5, 0.6) is 0 Å². The molecule has 3 rings (SSSR count). The molecule has 2 aromatic carbocycles. The summed E-state index contributed by atoms with van der Waals surface area (Å²) in [7, 11) is 0. The van der Waals surface area contributed by atoms with Crippen LogP contribution in [0.15, 0.2) is 54.6 Å². The first kappa shape index (κ1) is 13.4. The van der Waals surface area contributed by atoms with Crippen molar-refractivity contribution in [2.75, 3.05) is 5.73 Å². The van der Waals surface area contributed by atoms with E-state index >= 15 is 0 Å². The molecule has 3 nitrogen and oxygen atoms in total. The van der Waals surface area contributed by atoms with E-state index in [9.17, 15) is 0 Å².